The van der Waals surface area contributed by atoms with E-state index in [9.17, 15) is 0 Å². The van der Waals surface area contributed by atoms with Crippen molar-refractivity contribution < 1.29 is 0 Å². The van der Waals surface area contributed by atoms with Gasteiger partial charge in [0.2, 0.25) is 0 Å². The van der Waals surface area contributed by atoms with Crippen LogP contribution in [0.2, 0.25) is 5.02 Å². The lowest BCUT2D eigenvalue weighted by molar-refractivity contribution is 0.806. The first-order valence-electron chi connectivity index (χ1n) is 6.15. The molecule has 19 heavy (non-hydrogen) atoms. The Morgan fingerprint density at radius 2 is 2.21 bits per heavy atom. The van der Waals surface area contributed by atoms with Gasteiger partial charge in [-0.2, -0.15) is 0 Å². The minimum atomic E-state index is 0.774. The van der Waals surface area contributed by atoms with Crippen LogP contribution in [0.5, 0.6) is 0 Å². The van der Waals surface area contributed by atoms with Crippen molar-refractivity contribution in [1.82, 2.24) is 10.3 Å². The number of aromatic nitrogens is 1. The number of aryl methyl sites for hydroxylation is 1. The molecular formula is C14H18ClN3S. The van der Waals surface area contributed by atoms with Crippen LogP contribution in [-0.4, -0.2) is 19.1 Å². The highest BCUT2D eigenvalue weighted by Crippen LogP contribution is 2.26. The van der Waals surface area contributed by atoms with E-state index in [0.717, 1.165) is 23.8 Å². The van der Waals surface area contributed by atoms with Crippen LogP contribution in [0.3, 0.4) is 0 Å². The van der Waals surface area contributed by atoms with Gasteiger partial charge in [0.15, 0.2) is 0 Å². The van der Waals surface area contributed by atoms with Crippen LogP contribution in [-0.2, 0) is 13.1 Å². The molecule has 0 atom stereocenters. The summed E-state index contributed by atoms with van der Waals surface area (Å²) in [7, 11) is 4.04. The number of halogens is 1. The Morgan fingerprint density at radius 1 is 1.42 bits per heavy atom. The molecule has 0 aliphatic heterocycles. The van der Waals surface area contributed by atoms with E-state index in [2.05, 4.69) is 35.2 Å². The fourth-order valence-corrected chi connectivity index (χ4v) is 3.06. The molecule has 1 aromatic carbocycles. The maximum Gasteiger partial charge on any atom is 0.0798 e. The molecule has 0 aliphatic carbocycles. The minimum absolute atomic E-state index is 0.774. The van der Waals surface area contributed by atoms with Gasteiger partial charge in [-0.15, -0.1) is 11.3 Å². The first-order chi connectivity index (χ1) is 9.11. The fourth-order valence-electron chi connectivity index (χ4n) is 2.04. The van der Waals surface area contributed by atoms with E-state index in [1.165, 1.54) is 16.1 Å². The first-order valence-corrected chi connectivity index (χ1v) is 7.40. The van der Waals surface area contributed by atoms with Crippen LogP contribution >= 0.6 is 22.9 Å². The molecule has 5 heteroatoms. The third-order valence-corrected chi connectivity index (χ3v) is 4.20. The second-order valence-corrected chi connectivity index (χ2v) is 5.90. The molecule has 0 aliphatic rings. The van der Waals surface area contributed by atoms with Crippen LogP contribution in [0.25, 0.3) is 0 Å². The van der Waals surface area contributed by atoms with Gasteiger partial charge in [-0.25, -0.2) is 4.98 Å². The molecule has 1 aromatic heterocycles. The molecule has 3 nitrogen and oxygen atoms in total. The van der Waals surface area contributed by atoms with E-state index >= 15 is 0 Å². The summed E-state index contributed by atoms with van der Waals surface area (Å²) in [5.74, 6) is 0. The van der Waals surface area contributed by atoms with E-state index in [-0.39, 0.29) is 0 Å². The average Bonchev–Trinajstić information content (AvgIpc) is 2.75. The van der Waals surface area contributed by atoms with Crippen molar-refractivity contribution in [3.05, 3.63) is 44.9 Å². The SMILES string of the molecule is CNCc1cc(Cl)ccc1N(C)Cc1scnc1C. The van der Waals surface area contributed by atoms with Crippen LogP contribution in [0.1, 0.15) is 16.1 Å². The molecule has 0 amide bonds. The second-order valence-electron chi connectivity index (χ2n) is 4.52. The first kappa shape index (κ1) is 14.3. The zero-order valence-electron chi connectivity index (χ0n) is 11.4. The molecule has 0 unspecified atom stereocenters. The number of anilines is 1. The Kier molecular flexibility index (Phi) is 4.80. The smallest absolute Gasteiger partial charge is 0.0798 e. The van der Waals surface area contributed by atoms with Gasteiger partial charge in [0.05, 0.1) is 17.7 Å². The lowest BCUT2D eigenvalue weighted by Crippen LogP contribution is -2.19. The monoisotopic (exact) mass is 295 g/mol. The summed E-state index contributed by atoms with van der Waals surface area (Å²) in [5, 5.41) is 3.96. The van der Waals surface area contributed by atoms with Gasteiger partial charge in [-0.1, -0.05) is 11.6 Å². The van der Waals surface area contributed by atoms with Gasteiger partial charge < -0.3 is 10.2 Å². The highest BCUT2D eigenvalue weighted by molar-refractivity contribution is 7.09. The van der Waals surface area contributed by atoms with Gasteiger partial charge >= 0.3 is 0 Å². The van der Waals surface area contributed by atoms with Crippen molar-refractivity contribution in [2.24, 2.45) is 0 Å². The summed E-state index contributed by atoms with van der Waals surface area (Å²) in [6, 6.07) is 6.03. The second kappa shape index (κ2) is 6.37. The predicted molar refractivity (Wildman–Crippen MR) is 83.2 cm³/mol. The van der Waals surface area contributed by atoms with Crippen LogP contribution in [0, 0.1) is 6.92 Å². The molecule has 102 valence electrons. The normalized spacial score (nSPS) is 10.7. The molecule has 2 aromatic rings. The minimum Gasteiger partial charge on any atom is -0.369 e. The Bertz CT molecular complexity index is 553. The highest BCUT2D eigenvalue weighted by Gasteiger charge is 2.10. The largest absolute Gasteiger partial charge is 0.369 e. The van der Waals surface area contributed by atoms with Crippen LogP contribution in [0.4, 0.5) is 5.69 Å². The zero-order chi connectivity index (χ0) is 13.8. The molecule has 1 N–H and O–H groups in total. The maximum atomic E-state index is 6.07. The van der Waals surface area contributed by atoms with Gasteiger partial charge in [0.25, 0.3) is 0 Å². The van der Waals surface area contributed by atoms with Gasteiger partial charge in [0.1, 0.15) is 0 Å². The molecule has 0 radical (unpaired) electrons. The highest BCUT2D eigenvalue weighted by atomic mass is 35.5. The van der Waals surface area contributed by atoms with Crippen LogP contribution in [0.15, 0.2) is 23.7 Å². The molecule has 2 rings (SSSR count). The molecular weight excluding hydrogens is 278 g/mol. The number of hydrogen-bond donors (Lipinski definition) is 1. The lowest BCUT2D eigenvalue weighted by Gasteiger charge is -2.22. The van der Waals surface area contributed by atoms with Crippen LogP contribution < -0.4 is 10.2 Å². The standard InChI is InChI=1S/C14H18ClN3S/c1-10-14(19-9-17-10)8-18(3)13-5-4-12(15)6-11(13)7-16-2/h4-6,9,16H,7-8H2,1-3H3. The summed E-state index contributed by atoms with van der Waals surface area (Å²) in [6.07, 6.45) is 0. The molecule has 0 saturated carbocycles. The Hall–Kier alpha value is -1.10. The zero-order valence-corrected chi connectivity index (χ0v) is 13.0. The van der Waals surface area contributed by atoms with Crippen molar-refractivity contribution in [3.63, 3.8) is 0 Å². The number of rotatable bonds is 5. The summed E-state index contributed by atoms with van der Waals surface area (Å²) in [5.41, 5.74) is 5.42. The molecule has 0 bridgehead atoms. The Labute approximate surface area is 123 Å². The summed E-state index contributed by atoms with van der Waals surface area (Å²) in [4.78, 5) is 7.83. The summed E-state index contributed by atoms with van der Waals surface area (Å²) < 4.78 is 0. The van der Waals surface area contributed by atoms with E-state index in [4.69, 9.17) is 11.6 Å². The van der Waals surface area contributed by atoms with Gasteiger partial charge in [0, 0.05) is 29.2 Å². The topological polar surface area (TPSA) is 28.2 Å². The van der Waals surface area contributed by atoms with E-state index in [1.54, 1.807) is 11.3 Å². The van der Waals surface area contributed by atoms with Crippen molar-refractivity contribution in [3.8, 4) is 0 Å². The summed E-state index contributed by atoms with van der Waals surface area (Å²) in [6.45, 7) is 3.73. The predicted octanol–water partition coefficient (Wildman–Crippen LogP) is 3.46. The van der Waals surface area contributed by atoms with Gasteiger partial charge in [-0.3, -0.25) is 0 Å². The number of nitrogens with zero attached hydrogens (tertiary/aromatic N) is 2. The Balaban J connectivity index is 2.23. The number of thiazole rings is 1. The molecule has 0 fully saturated rings. The quantitative estimate of drug-likeness (QED) is 0.915. The van der Waals surface area contributed by atoms with Gasteiger partial charge in [-0.05, 0) is 37.7 Å². The molecule has 0 saturated heterocycles. The average molecular weight is 296 g/mol. The van der Waals surface area contributed by atoms with E-state index in [1.807, 2.05) is 24.7 Å². The molecule has 0 spiro atoms. The van der Waals surface area contributed by atoms with E-state index in [0.29, 0.717) is 0 Å². The third-order valence-electron chi connectivity index (χ3n) is 3.05. The van der Waals surface area contributed by atoms with Crippen molar-refractivity contribution in [2.45, 2.75) is 20.0 Å². The molecule has 1 heterocycles. The number of benzene rings is 1. The number of hydrogen-bond acceptors (Lipinski definition) is 4. The van der Waals surface area contributed by atoms with E-state index < -0.39 is 0 Å². The fraction of sp³-hybridized carbons (Fsp3) is 0.357. The number of nitrogens with one attached hydrogen (secondary N) is 1. The lowest BCUT2D eigenvalue weighted by atomic mass is 10.1. The maximum absolute atomic E-state index is 6.07. The van der Waals surface area contributed by atoms with Crippen molar-refractivity contribution >= 4 is 28.6 Å². The third kappa shape index (κ3) is 3.47. The summed E-state index contributed by atoms with van der Waals surface area (Å²) >= 11 is 7.77. The van der Waals surface area contributed by atoms with Crippen molar-refractivity contribution in [2.75, 3.05) is 19.0 Å². The van der Waals surface area contributed by atoms with Crippen molar-refractivity contribution in [1.29, 1.82) is 0 Å². The Morgan fingerprint density at radius 3 is 2.84 bits per heavy atom.